The molecular formula is C16H17ClO3S. The molecule has 0 aliphatic heterocycles. The quantitative estimate of drug-likeness (QED) is 0.795. The number of hydrogen-bond acceptors (Lipinski definition) is 3. The Morgan fingerprint density at radius 1 is 1.00 bits per heavy atom. The van der Waals surface area contributed by atoms with Crippen LogP contribution < -0.4 is 4.74 Å². The molecule has 0 N–H and O–H groups in total. The summed E-state index contributed by atoms with van der Waals surface area (Å²) >= 11 is 0. The van der Waals surface area contributed by atoms with Crippen molar-refractivity contribution >= 4 is 19.7 Å². The van der Waals surface area contributed by atoms with Crippen molar-refractivity contribution in [3.05, 3.63) is 58.7 Å². The number of ether oxygens (including phenoxy) is 1. The molecule has 0 fully saturated rings. The van der Waals surface area contributed by atoms with Gasteiger partial charge in [0.15, 0.2) is 0 Å². The molecule has 0 heterocycles. The van der Waals surface area contributed by atoms with E-state index in [9.17, 15) is 8.42 Å². The second-order valence-electron chi connectivity index (χ2n) is 4.96. The Balaban J connectivity index is 2.27. The van der Waals surface area contributed by atoms with E-state index in [1.807, 2.05) is 38.1 Å². The highest BCUT2D eigenvalue weighted by Crippen LogP contribution is 2.29. The lowest BCUT2D eigenvalue weighted by molar-refractivity contribution is 0.303. The molecular weight excluding hydrogens is 308 g/mol. The number of benzene rings is 2. The minimum absolute atomic E-state index is 0.130. The largest absolute Gasteiger partial charge is 0.489 e. The third-order valence-electron chi connectivity index (χ3n) is 3.59. The van der Waals surface area contributed by atoms with Crippen LogP contribution in [0.3, 0.4) is 0 Å². The van der Waals surface area contributed by atoms with Crippen LogP contribution in [0.25, 0.3) is 0 Å². The average Bonchev–Trinajstić information content (AvgIpc) is 2.40. The third-order valence-corrected chi connectivity index (χ3v) is 5.06. The molecule has 3 nitrogen and oxygen atoms in total. The van der Waals surface area contributed by atoms with Crippen LogP contribution in [-0.4, -0.2) is 8.42 Å². The molecule has 0 saturated heterocycles. The molecule has 0 atom stereocenters. The smallest absolute Gasteiger partial charge is 0.261 e. The molecule has 0 aromatic heterocycles. The van der Waals surface area contributed by atoms with Crippen molar-refractivity contribution < 1.29 is 13.2 Å². The van der Waals surface area contributed by atoms with Crippen LogP contribution in [0.2, 0.25) is 0 Å². The van der Waals surface area contributed by atoms with Crippen molar-refractivity contribution in [2.45, 2.75) is 32.3 Å². The summed E-state index contributed by atoms with van der Waals surface area (Å²) in [6, 6.07) is 11.1. The lowest BCUT2D eigenvalue weighted by Crippen LogP contribution is -2.02. The van der Waals surface area contributed by atoms with Gasteiger partial charge in [0.2, 0.25) is 0 Å². The van der Waals surface area contributed by atoms with Gasteiger partial charge >= 0.3 is 0 Å². The van der Waals surface area contributed by atoms with Crippen LogP contribution in [0.15, 0.2) is 41.3 Å². The maximum absolute atomic E-state index is 11.5. The standard InChI is InChI=1S/C16H17ClO3S/c1-11-6-4-5-7-14(11)10-20-15-8-9-16(21(17,18)19)13(3)12(15)2/h4-9H,10H2,1-3H3. The SMILES string of the molecule is Cc1ccccc1COc1ccc(S(=O)(=O)Cl)c(C)c1C. The lowest BCUT2D eigenvalue weighted by Gasteiger charge is -2.14. The van der Waals surface area contributed by atoms with Crippen LogP contribution in [0.5, 0.6) is 5.75 Å². The second-order valence-corrected chi connectivity index (χ2v) is 7.50. The highest BCUT2D eigenvalue weighted by Gasteiger charge is 2.17. The Bertz CT molecular complexity index is 767. The lowest BCUT2D eigenvalue weighted by atomic mass is 10.1. The van der Waals surface area contributed by atoms with Crippen LogP contribution in [0.4, 0.5) is 0 Å². The van der Waals surface area contributed by atoms with Gasteiger partial charge in [0.25, 0.3) is 9.05 Å². The van der Waals surface area contributed by atoms with Crippen molar-refractivity contribution in [3.63, 3.8) is 0 Å². The Morgan fingerprint density at radius 3 is 2.29 bits per heavy atom. The fourth-order valence-electron chi connectivity index (χ4n) is 2.12. The summed E-state index contributed by atoms with van der Waals surface area (Å²) in [7, 11) is 1.68. The molecule has 0 aliphatic carbocycles. The van der Waals surface area contributed by atoms with Gasteiger partial charge in [-0.05, 0) is 55.2 Å². The topological polar surface area (TPSA) is 43.4 Å². The summed E-state index contributed by atoms with van der Waals surface area (Å²) < 4.78 is 28.7. The summed E-state index contributed by atoms with van der Waals surface area (Å²) in [5.74, 6) is 0.666. The molecule has 2 aromatic rings. The van der Waals surface area contributed by atoms with Crippen LogP contribution in [-0.2, 0) is 15.7 Å². The molecule has 2 rings (SSSR count). The summed E-state index contributed by atoms with van der Waals surface area (Å²) in [6.07, 6.45) is 0. The summed E-state index contributed by atoms with van der Waals surface area (Å²) in [5.41, 5.74) is 3.66. The van der Waals surface area contributed by atoms with Crippen molar-refractivity contribution in [2.75, 3.05) is 0 Å². The Kier molecular flexibility index (Phi) is 4.59. The predicted octanol–water partition coefficient (Wildman–Crippen LogP) is 4.12. The first-order valence-electron chi connectivity index (χ1n) is 6.53. The molecule has 5 heteroatoms. The van der Waals surface area contributed by atoms with Gasteiger partial charge in [-0.25, -0.2) is 8.42 Å². The van der Waals surface area contributed by atoms with Crippen LogP contribution >= 0.6 is 10.7 Å². The van der Waals surface area contributed by atoms with Gasteiger partial charge < -0.3 is 4.74 Å². The predicted molar refractivity (Wildman–Crippen MR) is 84.5 cm³/mol. The van der Waals surface area contributed by atoms with E-state index in [0.29, 0.717) is 17.9 Å². The van der Waals surface area contributed by atoms with Crippen molar-refractivity contribution in [1.82, 2.24) is 0 Å². The molecule has 0 spiro atoms. The van der Waals surface area contributed by atoms with E-state index in [2.05, 4.69) is 0 Å². The fraction of sp³-hybridized carbons (Fsp3) is 0.250. The molecule has 2 aromatic carbocycles. The van der Waals surface area contributed by atoms with Gasteiger partial charge in [-0.2, -0.15) is 0 Å². The van der Waals surface area contributed by atoms with Crippen LogP contribution in [0.1, 0.15) is 22.3 Å². The molecule has 0 unspecified atom stereocenters. The minimum atomic E-state index is -3.73. The number of rotatable bonds is 4. The van der Waals surface area contributed by atoms with E-state index in [1.165, 1.54) is 6.07 Å². The number of halogens is 1. The summed E-state index contributed by atoms with van der Waals surface area (Å²) in [4.78, 5) is 0.130. The zero-order chi connectivity index (χ0) is 15.6. The van der Waals surface area contributed by atoms with E-state index in [1.54, 1.807) is 13.0 Å². The maximum Gasteiger partial charge on any atom is 0.261 e. The molecule has 0 aliphatic rings. The normalized spacial score (nSPS) is 11.4. The van der Waals surface area contributed by atoms with E-state index in [-0.39, 0.29) is 4.90 Å². The number of aryl methyl sites for hydroxylation is 1. The van der Waals surface area contributed by atoms with Gasteiger partial charge in [-0.15, -0.1) is 0 Å². The highest BCUT2D eigenvalue weighted by atomic mass is 35.7. The minimum Gasteiger partial charge on any atom is -0.489 e. The Morgan fingerprint density at radius 2 is 1.67 bits per heavy atom. The summed E-state index contributed by atoms with van der Waals surface area (Å²) in [5, 5.41) is 0. The first-order valence-corrected chi connectivity index (χ1v) is 8.84. The van der Waals surface area contributed by atoms with E-state index >= 15 is 0 Å². The molecule has 0 bridgehead atoms. The van der Waals surface area contributed by atoms with Gasteiger partial charge in [0.05, 0.1) is 4.90 Å². The van der Waals surface area contributed by atoms with E-state index in [0.717, 1.165) is 16.7 Å². The molecule has 112 valence electrons. The van der Waals surface area contributed by atoms with Gasteiger partial charge in [0, 0.05) is 10.7 Å². The van der Waals surface area contributed by atoms with E-state index < -0.39 is 9.05 Å². The molecule has 21 heavy (non-hydrogen) atoms. The van der Waals surface area contributed by atoms with Crippen LogP contribution in [0, 0.1) is 20.8 Å². The van der Waals surface area contributed by atoms with Gasteiger partial charge in [-0.3, -0.25) is 0 Å². The molecule has 0 saturated carbocycles. The van der Waals surface area contributed by atoms with E-state index in [4.69, 9.17) is 15.4 Å². The zero-order valence-corrected chi connectivity index (χ0v) is 13.8. The fourth-order valence-corrected chi connectivity index (χ4v) is 3.37. The molecule has 0 radical (unpaired) electrons. The first-order chi connectivity index (χ1) is 9.80. The Labute approximate surface area is 129 Å². The highest BCUT2D eigenvalue weighted by molar-refractivity contribution is 8.13. The van der Waals surface area contributed by atoms with Crippen molar-refractivity contribution in [1.29, 1.82) is 0 Å². The van der Waals surface area contributed by atoms with Crippen molar-refractivity contribution in [3.8, 4) is 5.75 Å². The number of hydrogen-bond donors (Lipinski definition) is 0. The summed E-state index contributed by atoms with van der Waals surface area (Å²) in [6.45, 7) is 6.03. The monoisotopic (exact) mass is 324 g/mol. The van der Waals surface area contributed by atoms with Gasteiger partial charge in [0.1, 0.15) is 12.4 Å². The molecule has 0 amide bonds. The van der Waals surface area contributed by atoms with Crippen molar-refractivity contribution in [2.24, 2.45) is 0 Å². The average molecular weight is 325 g/mol. The zero-order valence-electron chi connectivity index (χ0n) is 12.2. The van der Waals surface area contributed by atoms with Gasteiger partial charge in [-0.1, -0.05) is 24.3 Å². The second kappa shape index (κ2) is 6.08. The third kappa shape index (κ3) is 3.57. The maximum atomic E-state index is 11.5. The first kappa shape index (κ1) is 15.9. The Hall–Kier alpha value is -1.52.